The molecule has 0 amide bonds. The molecular weight excluding hydrogens is 232 g/mol. The quantitative estimate of drug-likeness (QED) is 0.873. The Kier molecular flexibility index (Phi) is 3.79. The third kappa shape index (κ3) is 2.79. The van der Waals surface area contributed by atoms with Crippen LogP contribution >= 0.6 is 0 Å². The maximum absolute atomic E-state index is 3.61. The number of nitrogens with zero attached hydrogens (tertiary/aromatic N) is 1. The van der Waals surface area contributed by atoms with Gasteiger partial charge in [-0.25, -0.2) is 0 Å². The summed E-state index contributed by atoms with van der Waals surface area (Å²) in [6.07, 6.45) is 5.39. The van der Waals surface area contributed by atoms with Gasteiger partial charge in [-0.15, -0.1) is 0 Å². The summed E-state index contributed by atoms with van der Waals surface area (Å²) in [5, 5.41) is 3.61. The summed E-state index contributed by atoms with van der Waals surface area (Å²) in [7, 11) is 0. The smallest absolute Gasteiger partial charge is 0.0372 e. The number of anilines is 1. The lowest BCUT2D eigenvalue weighted by molar-refractivity contribution is 0.0853. The van der Waals surface area contributed by atoms with Crippen LogP contribution in [0, 0.1) is 5.92 Å². The number of hydrogen-bond donors (Lipinski definition) is 1. The van der Waals surface area contributed by atoms with Crippen LogP contribution in [-0.2, 0) is 6.42 Å². The molecule has 0 spiro atoms. The van der Waals surface area contributed by atoms with Gasteiger partial charge >= 0.3 is 0 Å². The average molecular weight is 258 g/mol. The van der Waals surface area contributed by atoms with E-state index in [9.17, 15) is 0 Å². The second-order valence-corrected chi connectivity index (χ2v) is 6.43. The van der Waals surface area contributed by atoms with Crippen molar-refractivity contribution in [2.24, 2.45) is 5.92 Å². The summed E-state index contributed by atoms with van der Waals surface area (Å²) in [6.45, 7) is 7.19. The monoisotopic (exact) mass is 258 g/mol. The van der Waals surface area contributed by atoms with Gasteiger partial charge in [-0.3, -0.25) is 4.90 Å². The largest absolute Gasteiger partial charge is 0.384 e. The number of fused-ring (bicyclic) bond motifs is 1. The summed E-state index contributed by atoms with van der Waals surface area (Å²) in [4.78, 5) is 2.74. The van der Waals surface area contributed by atoms with Crippen LogP contribution < -0.4 is 5.32 Å². The molecule has 0 bridgehead atoms. The highest BCUT2D eigenvalue weighted by Gasteiger charge is 2.28. The van der Waals surface area contributed by atoms with Crippen molar-refractivity contribution in [1.82, 2.24) is 4.90 Å². The van der Waals surface area contributed by atoms with E-state index >= 15 is 0 Å². The Labute approximate surface area is 117 Å². The van der Waals surface area contributed by atoms with Crippen molar-refractivity contribution in [3.63, 3.8) is 0 Å². The second-order valence-electron chi connectivity index (χ2n) is 6.43. The van der Waals surface area contributed by atoms with Crippen molar-refractivity contribution in [3.05, 3.63) is 29.8 Å². The molecular formula is C17H26N2. The zero-order valence-electron chi connectivity index (χ0n) is 12.2. The fourth-order valence-electron chi connectivity index (χ4n) is 3.77. The first-order valence-electron chi connectivity index (χ1n) is 7.81. The first-order chi connectivity index (χ1) is 9.24. The van der Waals surface area contributed by atoms with Gasteiger partial charge < -0.3 is 5.32 Å². The summed E-state index contributed by atoms with van der Waals surface area (Å²) in [5.41, 5.74) is 2.84. The van der Waals surface area contributed by atoms with Crippen LogP contribution in [0.4, 0.5) is 5.69 Å². The average Bonchev–Trinajstić information content (AvgIpc) is 2.43. The minimum Gasteiger partial charge on any atom is -0.384 e. The molecule has 1 unspecified atom stereocenters. The summed E-state index contributed by atoms with van der Waals surface area (Å²) >= 11 is 0. The molecule has 3 atom stereocenters. The molecule has 2 aliphatic heterocycles. The number of hydrogen-bond acceptors (Lipinski definition) is 2. The van der Waals surface area contributed by atoms with Crippen molar-refractivity contribution >= 4 is 5.69 Å². The maximum atomic E-state index is 3.61. The van der Waals surface area contributed by atoms with E-state index in [2.05, 4.69) is 48.3 Å². The van der Waals surface area contributed by atoms with Crippen LogP contribution in [0.5, 0.6) is 0 Å². The third-order valence-electron chi connectivity index (χ3n) is 4.95. The van der Waals surface area contributed by atoms with Crippen molar-refractivity contribution in [1.29, 1.82) is 0 Å². The minimum absolute atomic E-state index is 0.762. The molecule has 2 nitrogen and oxygen atoms in total. The molecule has 0 radical (unpaired) electrons. The lowest BCUT2D eigenvalue weighted by atomic mass is 9.90. The van der Waals surface area contributed by atoms with Crippen molar-refractivity contribution < 1.29 is 0 Å². The molecule has 2 aliphatic rings. The summed E-state index contributed by atoms with van der Waals surface area (Å²) < 4.78 is 0. The van der Waals surface area contributed by atoms with Crippen molar-refractivity contribution in [3.8, 4) is 0 Å². The van der Waals surface area contributed by atoms with Crippen LogP contribution in [0.15, 0.2) is 24.3 Å². The summed E-state index contributed by atoms with van der Waals surface area (Å²) in [5.74, 6) is 0.762. The summed E-state index contributed by atoms with van der Waals surface area (Å²) in [6, 6.07) is 10.3. The van der Waals surface area contributed by atoms with Gasteiger partial charge in [0.1, 0.15) is 0 Å². The molecule has 19 heavy (non-hydrogen) atoms. The molecule has 0 saturated carbocycles. The Morgan fingerprint density at radius 2 is 1.89 bits per heavy atom. The highest BCUT2D eigenvalue weighted by atomic mass is 15.2. The van der Waals surface area contributed by atoms with Crippen LogP contribution in [0.1, 0.15) is 38.7 Å². The van der Waals surface area contributed by atoms with E-state index in [1.807, 2.05) is 0 Å². The van der Waals surface area contributed by atoms with Gasteiger partial charge in [0.05, 0.1) is 0 Å². The molecule has 0 aliphatic carbocycles. The normalized spacial score (nSPS) is 31.6. The zero-order valence-corrected chi connectivity index (χ0v) is 12.2. The number of likely N-dealkylation sites (tertiary alicyclic amines) is 1. The predicted molar refractivity (Wildman–Crippen MR) is 81.6 cm³/mol. The molecule has 2 heterocycles. The molecule has 1 aromatic rings. The van der Waals surface area contributed by atoms with E-state index in [1.165, 1.54) is 43.5 Å². The number of nitrogens with one attached hydrogen (secondary N) is 1. The number of para-hydroxylation sites is 1. The highest BCUT2D eigenvalue weighted by molar-refractivity contribution is 5.53. The topological polar surface area (TPSA) is 15.3 Å². The van der Waals surface area contributed by atoms with Crippen LogP contribution in [0.2, 0.25) is 0 Å². The molecule has 2 heteroatoms. The van der Waals surface area contributed by atoms with E-state index in [1.54, 1.807) is 0 Å². The standard InChI is InChI=1S/C17H26N2/c1-13-6-5-7-14(2)19(13)12-15-10-16-8-3-4-9-17(16)18-11-15/h3-4,8-9,13-15,18H,5-7,10-12H2,1-2H3/t13-,14+,15?. The van der Waals surface area contributed by atoms with Crippen LogP contribution in [0.3, 0.4) is 0 Å². The second kappa shape index (κ2) is 5.54. The van der Waals surface area contributed by atoms with Crippen molar-refractivity contribution in [2.45, 2.75) is 51.6 Å². The van der Waals surface area contributed by atoms with E-state index < -0.39 is 0 Å². The molecule has 1 saturated heterocycles. The predicted octanol–water partition coefficient (Wildman–Crippen LogP) is 3.53. The third-order valence-corrected chi connectivity index (χ3v) is 4.95. The minimum atomic E-state index is 0.762. The number of benzene rings is 1. The molecule has 104 valence electrons. The van der Waals surface area contributed by atoms with Gasteiger partial charge in [0.2, 0.25) is 0 Å². The van der Waals surface area contributed by atoms with Gasteiger partial charge in [0.25, 0.3) is 0 Å². The zero-order chi connectivity index (χ0) is 13.2. The Balaban J connectivity index is 1.65. The van der Waals surface area contributed by atoms with Crippen LogP contribution in [-0.4, -0.2) is 30.1 Å². The highest BCUT2D eigenvalue weighted by Crippen LogP contribution is 2.28. The maximum Gasteiger partial charge on any atom is 0.0372 e. The molecule has 3 rings (SSSR count). The Bertz CT molecular complexity index is 419. The van der Waals surface area contributed by atoms with Gasteiger partial charge in [0, 0.05) is 30.9 Å². The molecule has 1 N–H and O–H groups in total. The van der Waals surface area contributed by atoms with Crippen molar-refractivity contribution in [2.75, 3.05) is 18.4 Å². The Hall–Kier alpha value is -1.02. The molecule has 1 aromatic carbocycles. The number of rotatable bonds is 2. The fraction of sp³-hybridized carbons (Fsp3) is 0.647. The first kappa shape index (κ1) is 13.0. The van der Waals surface area contributed by atoms with E-state index in [0.717, 1.165) is 24.5 Å². The fourth-order valence-corrected chi connectivity index (χ4v) is 3.77. The lowest BCUT2D eigenvalue weighted by Gasteiger charge is -2.42. The first-order valence-corrected chi connectivity index (χ1v) is 7.81. The van der Waals surface area contributed by atoms with Gasteiger partial charge in [-0.1, -0.05) is 24.6 Å². The van der Waals surface area contributed by atoms with Gasteiger partial charge in [-0.2, -0.15) is 0 Å². The van der Waals surface area contributed by atoms with Gasteiger partial charge in [-0.05, 0) is 50.7 Å². The molecule has 1 fully saturated rings. The molecule has 0 aromatic heterocycles. The van der Waals surface area contributed by atoms with Crippen LogP contribution in [0.25, 0.3) is 0 Å². The SMILES string of the molecule is C[C@@H]1CCC[C@H](C)N1CC1CNc2ccccc2C1. The number of piperidine rings is 1. The Morgan fingerprint density at radius 1 is 1.16 bits per heavy atom. The van der Waals surface area contributed by atoms with E-state index in [0.29, 0.717) is 0 Å². The van der Waals surface area contributed by atoms with Gasteiger partial charge in [0.15, 0.2) is 0 Å². The van der Waals surface area contributed by atoms with E-state index in [-0.39, 0.29) is 0 Å². The lowest BCUT2D eigenvalue weighted by Crippen LogP contribution is -2.47. The Morgan fingerprint density at radius 3 is 2.68 bits per heavy atom. The van der Waals surface area contributed by atoms with E-state index in [4.69, 9.17) is 0 Å².